The van der Waals surface area contributed by atoms with Crippen molar-refractivity contribution in [3.8, 4) is 0 Å². The number of fused-ring (bicyclic) bond motifs is 4. The molecular formula is C29H46O3. The number of hydrogen-bond acceptors (Lipinski definition) is 3. The van der Waals surface area contributed by atoms with Gasteiger partial charge in [0.15, 0.2) is 0 Å². The second-order valence-corrected chi connectivity index (χ2v) is 14.7. The van der Waals surface area contributed by atoms with Crippen molar-refractivity contribution in [2.45, 2.75) is 117 Å². The number of rotatable bonds is 0. The number of hydrogen-bond donors (Lipinski definition) is 1. The van der Waals surface area contributed by atoms with E-state index in [0.29, 0.717) is 36.1 Å². The summed E-state index contributed by atoms with van der Waals surface area (Å²) in [6.07, 6.45) is 10.8. The van der Waals surface area contributed by atoms with E-state index >= 15 is 0 Å². The van der Waals surface area contributed by atoms with Gasteiger partial charge in [0.2, 0.25) is 0 Å². The largest absolute Gasteiger partial charge is 0.393 e. The van der Waals surface area contributed by atoms with Gasteiger partial charge in [-0.25, -0.2) is 0 Å². The molecule has 5 aliphatic carbocycles. The van der Waals surface area contributed by atoms with Crippen LogP contribution in [-0.4, -0.2) is 29.2 Å². The Morgan fingerprint density at radius 1 is 0.875 bits per heavy atom. The third kappa shape index (κ3) is 2.17. The van der Waals surface area contributed by atoms with Crippen LogP contribution in [0.25, 0.3) is 0 Å². The number of aliphatic hydroxyl groups is 1. The van der Waals surface area contributed by atoms with Crippen molar-refractivity contribution in [2.24, 2.45) is 50.7 Å². The standard InChI is InChI=1S/C29H46O3/c1-18-7-13-28-17-32-29(21(28)15-18)14-9-20-25(4)11-10-22(30)24(2,3)19(25)8-12-26(20,5)27(29,6)16-23(28)31/h18-22,30H,7-17H2,1-6H3/t18-,19+,20-,21-,22+,25+,26-,27+,28-,29+/m1/s1. The summed E-state index contributed by atoms with van der Waals surface area (Å²) in [5, 5.41) is 10.9. The molecule has 0 radical (unpaired) electrons. The van der Waals surface area contributed by atoms with Gasteiger partial charge < -0.3 is 9.84 Å². The Hall–Kier alpha value is -0.410. The van der Waals surface area contributed by atoms with E-state index in [2.05, 4.69) is 41.5 Å². The van der Waals surface area contributed by atoms with Crippen LogP contribution < -0.4 is 0 Å². The maximum atomic E-state index is 14.0. The number of carbonyl (C=O) groups is 1. The summed E-state index contributed by atoms with van der Waals surface area (Å²) in [5.41, 5.74) is -0.000409. The maximum Gasteiger partial charge on any atom is 0.142 e. The monoisotopic (exact) mass is 442 g/mol. The van der Waals surface area contributed by atoms with Gasteiger partial charge in [-0.15, -0.1) is 0 Å². The second kappa shape index (κ2) is 6.23. The summed E-state index contributed by atoms with van der Waals surface area (Å²) in [7, 11) is 0. The first-order chi connectivity index (χ1) is 14.9. The first-order valence-corrected chi connectivity index (χ1v) is 13.7. The van der Waals surface area contributed by atoms with Crippen molar-refractivity contribution in [3.05, 3.63) is 0 Å². The van der Waals surface area contributed by atoms with Crippen LogP contribution in [0.1, 0.15) is 106 Å². The van der Waals surface area contributed by atoms with Gasteiger partial charge >= 0.3 is 0 Å². The molecule has 1 spiro atoms. The van der Waals surface area contributed by atoms with Crippen LogP contribution >= 0.6 is 0 Å². The highest BCUT2D eigenvalue weighted by atomic mass is 16.5. The van der Waals surface area contributed by atoms with Crippen LogP contribution in [0.2, 0.25) is 0 Å². The van der Waals surface area contributed by atoms with Gasteiger partial charge in [0, 0.05) is 17.8 Å². The smallest absolute Gasteiger partial charge is 0.142 e. The van der Waals surface area contributed by atoms with Crippen molar-refractivity contribution in [2.75, 3.05) is 6.61 Å². The van der Waals surface area contributed by atoms with Crippen molar-refractivity contribution < 1.29 is 14.6 Å². The van der Waals surface area contributed by atoms with Gasteiger partial charge in [-0.3, -0.25) is 4.79 Å². The molecular weight excluding hydrogens is 396 g/mol. The average Bonchev–Trinajstić information content (AvgIpc) is 3.00. The van der Waals surface area contributed by atoms with E-state index in [0.717, 1.165) is 32.1 Å². The number of ether oxygens (including phenoxy) is 1. The molecule has 3 nitrogen and oxygen atoms in total. The number of ketones is 1. The Bertz CT molecular complexity index is 849. The lowest BCUT2D eigenvalue weighted by Gasteiger charge is -2.74. The zero-order chi connectivity index (χ0) is 22.9. The minimum Gasteiger partial charge on any atom is -0.393 e. The molecule has 1 heterocycles. The summed E-state index contributed by atoms with van der Waals surface area (Å²) in [5.74, 6) is 2.85. The molecule has 6 rings (SSSR count). The van der Waals surface area contributed by atoms with Crippen molar-refractivity contribution in [3.63, 3.8) is 0 Å². The Labute approximate surface area is 195 Å². The zero-order valence-corrected chi connectivity index (χ0v) is 21.4. The van der Waals surface area contributed by atoms with E-state index < -0.39 is 0 Å². The first kappa shape index (κ1) is 22.1. The first-order valence-electron chi connectivity index (χ1n) is 13.7. The van der Waals surface area contributed by atoms with Crippen LogP contribution in [0.4, 0.5) is 0 Å². The molecule has 1 N–H and O–H groups in total. The molecule has 0 aromatic carbocycles. The normalized spacial score (nSPS) is 60.7. The average molecular weight is 443 g/mol. The lowest BCUT2D eigenvalue weighted by atomic mass is 9.31. The Morgan fingerprint density at radius 2 is 1.59 bits per heavy atom. The fraction of sp³-hybridized carbons (Fsp3) is 0.966. The molecule has 0 unspecified atom stereocenters. The Kier molecular flexibility index (Phi) is 4.30. The lowest BCUT2D eigenvalue weighted by molar-refractivity contribution is -0.281. The number of aliphatic hydroxyl groups excluding tert-OH is 1. The van der Waals surface area contributed by atoms with Gasteiger partial charge in [0.05, 0.1) is 23.7 Å². The maximum absolute atomic E-state index is 14.0. The molecule has 32 heavy (non-hydrogen) atoms. The third-order valence-corrected chi connectivity index (χ3v) is 13.6. The predicted molar refractivity (Wildman–Crippen MR) is 126 cm³/mol. The fourth-order valence-corrected chi connectivity index (χ4v) is 11.6. The minimum atomic E-state index is -0.186. The molecule has 10 atom stereocenters. The summed E-state index contributed by atoms with van der Waals surface area (Å²) in [6.45, 7) is 15.3. The number of carbonyl (C=O) groups excluding carboxylic acids is 1. The quantitative estimate of drug-likeness (QED) is 0.488. The summed E-state index contributed by atoms with van der Waals surface area (Å²) in [4.78, 5) is 14.0. The molecule has 5 saturated carbocycles. The van der Waals surface area contributed by atoms with Gasteiger partial charge in [-0.05, 0) is 91.8 Å². The summed E-state index contributed by atoms with van der Waals surface area (Å²) < 4.78 is 7.01. The summed E-state index contributed by atoms with van der Waals surface area (Å²) >= 11 is 0. The van der Waals surface area contributed by atoms with E-state index in [1.165, 1.54) is 32.1 Å². The zero-order valence-electron chi connectivity index (χ0n) is 21.4. The van der Waals surface area contributed by atoms with Gasteiger partial charge in [0.1, 0.15) is 5.78 Å². The van der Waals surface area contributed by atoms with E-state index in [9.17, 15) is 9.90 Å². The molecule has 6 aliphatic rings. The van der Waals surface area contributed by atoms with Crippen molar-refractivity contribution in [1.29, 1.82) is 0 Å². The van der Waals surface area contributed by atoms with Crippen LogP contribution in [0, 0.1) is 50.7 Å². The minimum absolute atomic E-state index is 0.0232. The van der Waals surface area contributed by atoms with Crippen LogP contribution in [0.15, 0.2) is 0 Å². The molecule has 0 amide bonds. The highest BCUT2D eigenvalue weighted by molar-refractivity contribution is 5.88. The molecule has 2 bridgehead atoms. The Balaban J connectivity index is 1.46. The van der Waals surface area contributed by atoms with Crippen LogP contribution in [-0.2, 0) is 9.53 Å². The topological polar surface area (TPSA) is 46.5 Å². The molecule has 0 aromatic rings. The van der Waals surface area contributed by atoms with E-state index in [1.54, 1.807) is 0 Å². The van der Waals surface area contributed by atoms with Gasteiger partial charge in [0.25, 0.3) is 0 Å². The summed E-state index contributed by atoms with van der Waals surface area (Å²) in [6, 6.07) is 0. The SMILES string of the molecule is C[C@@H]1CC[C@]23CO[C@@]4(CC[C@@H]5[C@@]6(C)CC[C@H](O)C(C)(C)[C@@H]6CC[C@@]5(C)[C@]4(C)CC2=O)[C@@H]3C1. The molecule has 180 valence electrons. The number of Topliss-reactive ketones (excluding diaryl/α,β-unsaturated/α-hetero) is 1. The lowest BCUT2D eigenvalue weighted by Crippen LogP contribution is -2.73. The third-order valence-electron chi connectivity index (χ3n) is 13.6. The van der Waals surface area contributed by atoms with Crippen LogP contribution in [0.5, 0.6) is 0 Å². The van der Waals surface area contributed by atoms with E-state index in [4.69, 9.17) is 4.74 Å². The van der Waals surface area contributed by atoms with Crippen molar-refractivity contribution in [1.82, 2.24) is 0 Å². The van der Waals surface area contributed by atoms with E-state index in [1.807, 2.05) is 0 Å². The van der Waals surface area contributed by atoms with Gasteiger partial charge in [-0.2, -0.15) is 0 Å². The van der Waals surface area contributed by atoms with Crippen LogP contribution in [0.3, 0.4) is 0 Å². The predicted octanol–water partition coefficient (Wildman–Crippen LogP) is 6.17. The van der Waals surface area contributed by atoms with E-state index in [-0.39, 0.29) is 38.8 Å². The fourth-order valence-electron chi connectivity index (χ4n) is 11.6. The molecule has 1 saturated heterocycles. The van der Waals surface area contributed by atoms with Crippen molar-refractivity contribution >= 4 is 5.78 Å². The highest BCUT2D eigenvalue weighted by Gasteiger charge is 2.79. The van der Waals surface area contributed by atoms with Gasteiger partial charge in [-0.1, -0.05) is 41.5 Å². The molecule has 3 heteroatoms. The molecule has 0 aromatic heterocycles. The Morgan fingerprint density at radius 3 is 2.34 bits per heavy atom. The highest BCUT2D eigenvalue weighted by Crippen LogP contribution is 2.79. The molecule has 6 fully saturated rings. The molecule has 1 aliphatic heterocycles. The second-order valence-electron chi connectivity index (χ2n) is 14.7.